The van der Waals surface area contributed by atoms with E-state index in [1.807, 2.05) is 177 Å². The quantitative estimate of drug-likeness (QED) is 0.0552. The summed E-state index contributed by atoms with van der Waals surface area (Å²) in [5.41, 5.74) is 15.7. The molecule has 4 saturated heterocycles. The van der Waals surface area contributed by atoms with Crippen LogP contribution in [0.5, 0.6) is 0 Å². The van der Waals surface area contributed by atoms with E-state index in [0.29, 0.717) is 39.3 Å². The minimum Gasteiger partial charge on any atom is -0.870 e. The number of aryl methyl sites for hydroxylation is 4. The molecule has 6 aromatic heterocycles. The van der Waals surface area contributed by atoms with Crippen molar-refractivity contribution < 1.29 is 63.7 Å². The molecule has 10 heterocycles. The summed E-state index contributed by atoms with van der Waals surface area (Å²) in [4.78, 5) is 88.0. The third-order valence-electron chi connectivity index (χ3n) is 21.9. The van der Waals surface area contributed by atoms with Crippen LogP contribution in [0.15, 0.2) is 248 Å². The number of alkyl halides is 1. The summed E-state index contributed by atoms with van der Waals surface area (Å²) in [5.74, 6) is 1.31. The molecule has 8 aromatic carbocycles. The van der Waals surface area contributed by atoms with Crippen LogP contribution in [0, 0.1) is 11.8 Å². The molecule has 117 heavy (non-hydrogen) atoms. The van der Waals surface area contributed by atoms with Crippen molar-refractivity contribution in [3.05, 3.63) is 319 Å². The van der Waals surface area contributed by atoms with Crippen LogP contribution in [-0.4, -0.2) is 171 Å². The summed E-state index contributed by atoms with van der Waals surface area (Å²) in [6, 6.07) is 67.0. The van der Waals surface area contributed by atoms with Crippen LogP contribution in [0.25, 0.3) is 43.6 Å². The van der Waals surface area contributed by atoms with Gasteiger partial charge in [-0.15, -0.1) is 34.3 Å². The monoisotopic (exact) mass is 1620 g/mol. The molecule has 18 rings (SSSR count). The first kappa shape index (κ1) is 88.5. The minimum atomic E-state index is -0.891. The second-order valence-electron chi connectivity index (χ2n) is 29.6. The number of rotatable bonds is 15. The van der Waals surface area contributed by atoms with Crippen molar-refractivity contribution >= 4 is 113 Å². The van der Waals surface area contributed by atoms with Crippen LogP contribution in [0.2, 0.25) is 0 Å². The number of piperazine rings is 1. The summed E-state index contributed by atoms with van der Waals surface area (Å²) < 4.78 is 8.23. The van der Waals surface area contributed by atoms with E-state index in [4.69, 9.17) is 16.7 Å². The smallest absolute Gasteiger partial charge is 0.870 e. The van der Waals surface area contributed by atoms with Gasteiger partial charge in [0, 0.05) is 208 Å². The van der Waals surface area contributed by atoms with Gasteiger partial charge in [0.25, 0.3) is 17.7 Å². The van der Waals surface area contributed by atoms with E-state index in [9.17, 15) is 28.8 Å². The van der Waals surface area contributed by atoms with Crippen LogP contribution in [0.4, 0.5) is 0 Å². The molecule has 0 aliphatic carbocycles. The van der Waals surface area contributed by atoms with Crippen LogP contribution < -0.4 is 24.2 Å². The Bertz CT molecular complexity index is 5480. The van der Waals surface area contributed by atoms with Crippen LogP contribution in [0.3, 0.4) is 0 Å². The Kier molecular flexibility index (Phi) is 31.6. The third kappa shape index (κ3) is 22.3. The average Bonchev–Trinajstić information content (AvgIpc) is 1.70. The molecule has 4 aliphatic heterocycles. The molecule has 0 saturated carbocycles. The molecule has 0 unspecified atom stereocenters. The number of piperidine rings is 1. The second-order valence-corrected chi connectivity index (χ2v) is 31.7. The average molecular weight is 1620 g/mol. The van der Waals surface area contributed by atoms with E-state index in [1.54, 1.807) is 38.4 Å². The van der Waals surface area contributed by atoms with E-state index in [0.717, 1.165) is 142 Å². The Hall–Kier alpha value is -10.9. The fraction of sp³-hybridized carbons (Fsp3) is 0.269. The number of nitrogens with one attached hydrogen (secondary N) is 1. The summed E-state index contributed by atoms with van der Waals surface area (Å²) in [5, 5.41) is 22.0. The summed E-state index contributed by atoms with van der Waals surface area (Å²) in [6.07, 6.45) is 16.4. The molecule has 0 atom stereocenters. The van der Waals surface area contributed by atoms with Gasteiger partial charge in [0.15, 0.2) is 21.6 Å². The number of aromatic nitrogens is 6. The number of Topliss-reactive ketones (excluding diaryl/α,β-unsaturated/α-hetero) is 2. The SMILES string of the molecule is CC(=O)c1ccc2c(Cc3ccccc3)cn(C)c2c1.CC(=O)c1ccc2ccn(C)c2c1.ClCc1ccccc1.Cn1cc(Cc2ccccc2)c2ccc(C(=O)N3CC(C4CCN(C(=O)c5nccs5)CC4)C3)cc21.Cn1cc(Cc2ccccc2)c2ccc(C(=O)O)cc21.O.O=C(c1nccs1)N1CCN(C2CNC2)CC1.[Li+].[OH-]. The fourth-order valence-electron chi connectivity index (χ4n) is 15.3. The van der Waals surface area contributed by atoms with Gasteiger partial charge < -0.3 is 54.3 Å². The molecule has 14 aromatic rings. The largest absolute Gasteiger partial charge is 1.00 e. The number of nitrogens with zero attached hydrogens (tertiary/aromatic N) is 10. The number of fused-ring (bicyclic) bond motifs is 4. The topological polar surface area (TPSA) is 255 Å². The van der Waals surface area contributed by atoms with Gasteiger partial charge in [0.2, 0.25) is 0 Å². The molecule has 0 spiro atoms. The Morgan fingerprint density at radius 2 is 0.846 bits per heavy atom. The van der Waals surface area contributed by atoms with E-state index in [-0.39, 0.29) is 59.1 Å². The number of likely N-dealkylation sites (tertiary alicyclic amines) is 2. The Balaban J connectivity index is 0.000000156. The molecule has 3 amide bonds. The normalized spacial score (nSPS) is 14.0. The number of thiazole rings is 2. The first-order valence-electron chi connectivity index (χ1n) is 38.7. The number of ketones is 2. The maximum atomic E-state index is 13.2. The van der Waals surface area contributed by atoms with Crippen molar-refractivity contribution in [3.8, 4) is 0 Å². The number of amides is 3. The molecule has 4 aliphatic rings. The van der Waals surface area contributed by atoms with Crippen molar-refractivity contribution in [2.45, 2.75) is 57.9 Å². The van der Waals surface area contributed by atoms with Crippen LogP contribution in [0.1, 0.15) is 127 Å². The van der Waals surface area contributed by atoms with E-state index >= 15 is 0 Å². The van der Waals surface area contributed by atoms with Gasteiger partial charge in [-0.3, -0.25) is 28.9 Å². The van der Waals surface area contributed by atoms with Gasteiger partial charge in [0.05, 0.1) is 5.56 Å². The van der Waals surface area contributed by atoms with Gasteiger partial charge in [-0.1, -0.05) is 158 Å². The maximum Gasteiger partial charge on any atom is 1.00 e. The third-order valence-corrected chi connectivity index (χ3v) is 23.8. The number of carbonyl (C=O) groups excluding carboxylic acids is 5. The van der Waals surface area contributed by atoms with E-state index < -0.39 is 5.97 Å². The molecule has 0 radical (unpaired) electrons. The minimum absolute atomic E-state index is 0. The van der Waals surface area contributed by atoms with Gasteiger partial charge >= 0.3 is 24.8 Å². The predicted molar refractivity (Wildman–Crippen MR) is 464 cm³/mol. The van der Waals surface area contributed by atoms with Crippen molar-refractivity contribution in [3.63, 3.8) is 0 Å². The second kappa shape index (κ2) is 41.8. The van der Waals surface area contributed by atoms with Gasteiger partial charge in [-0.2, -0.15) is 0 Å². The number of carboxylic acid groups (broad SMARTS) is 1. The number of hydrogen-bond acceptors (Lipinski definition) is 13. The van der Waals surface area contributed by atoms with Crippen LogP contribution in [-0.2, 0) is 53.3 Å². The molecule has 20 nitrogen and oxygen atoms in total. The van der Waals surface area contributed by atoms with E-state index in [2.05, 4.69) is 128 Å². The molecular formula is C93H99ClLiN11O9S2. The molecule has 600 valence electrons. The van der Waals surface area contributed by atoms with Crippen molar-refractivity contribution in [1.82, 2.24) is 53.2 Å². The van der Waals surface area contributed by atoms with E-state index in [1.165, 1.54) is 77.8 Å². The Morgan fingerprint density at radius 3 is 1.24 bits per heavy atom. The zero-order valence-corrected chi connectivity index (χ0v) is 69.6. The number of carboxylic acids is 1. The molecule has 5 N–H and O–H groups in total. The zero-order chi connectivity index (χ0) is 79.8. The van der Waals surface area contributed by atoms with Crippen molar-refractivity contribution in [2.24, 2.45) is 40.0 Å². The summed E-state index contributed by atoms with van der Waals surface area (Å²) in [6.45, 7) is 12.2. The van der Waals surface area contributed by atoms with Crippen molar-refractivity contribution in [1.29, 1.82) is 0 Å². The first-order chi connectivity index (χ1) is 55.3. The fourth-order valence-corrected chi connectivity index (χ4v) is 16.7. The molecule has 4 fully saturated rings. The van der Waals surface area contributed by atoms with Gasteiger partial charge in [-0.25, -0.2) is 14.8 Å². The maximum absolute atomic E-state index is 13.2. The van der Waals surface area contributed by atoms with Crippen molar-refractivity contribution in [2.75, 3.05) is 65.4 Å². The zero-order valence-electron chi connectivity index (χ0n) is 67.2. The summed E-state index contributed by atoms with van der Waals surface area (Å²) >= 11 is 8.35. The number of aromatic carboxylic acids is 1. The molecule has 24 heteroatoms. The Labute approximate surface area is 707 Å². The number of halogens is 1. The molecular weight excluding hydrogens is 1520 g/mol. The molecule has 0 bridgehead atoms. The number of carbonyl (C=O) groups is 6. The number of benzene rings is 8. The number of hydrogen-bond donors (Lipinski definition) is 2. The van der Waals surface area contributed by atoms with Gasteiger partial charge in [0.1, 0.15) is 0 Å². The van der Waals surface area contributed by atoms with Crippen LogP contribution >= 0.6 is 34.3 Å². The standard InChI is InChI=1S/C29H30N4O2S.C18H17NO.C17H15NO2.C11H16N4OS.C11H11NO.C7H7Cl.Li.2H2O/c1-31-17-23(15-20-5-3-2-4-6-20)25-8-7-22(16-26(25)31)28(34)33-18-24(19-33)21-9-12-32(13-10-21)29(35)27-30-11-14-36-27;1-13(20)15-8-9-17-16(12-19(2)18(17)11-15)10-14-6-4-3-5-7-14;1-18-11-14(9-12-5-3-2-4-6-12)15-8-7-13(17(19)20)10-16(15)18;16-11(10-13-1-6-17-10)15-4-2-14(3-5-15)9-7-12-8-9;1-8(13)10-4-3-9-5-6-12(2)11(9)7-10;8-6-7-4-2-1-3-5-7;;;/h2-8,11,14,16-17,21,24H,9-10,12-13,15,18-19H2,1H3;3-9,11-12H,10H2,1-2H3;2-8,10-11H,9H2,1H3,(H,19,20);1,6,9,12H,2-5,7-8H2;3-7H,1-2H3;1-5H,6H2;;2*1H2/q;;;;;;+1;;/p-1. The predicted octanol–water partition coefficient (Wildman–Crippen LogP) is 13.0. The summed E-state index contributed by atoms with van der Waals surface area (Å²) in [7, 11) is 8.01. The first-order valence-corrected chi connectivity index (χ1v) is 41.0. The van der Waals surface area contributed by atoms with Gasteiger partial charge in [-0.05, 0) is 145 Å². The Morgan fingerprint density at radius 1 is 0.453 bits per heavy atom.